The third-order valence-electron chi connectivity index (χ3n) is 2.35. The molecule has 0 aromatic rings. The van der Waals surface area contributed by atoms with Gasteiger partial charge in [-0.25, -0.2) is 0 Å². The van der Waals surface area contributed by atoms with E-state index in [2.05, 4.69) is 10.6 Å². The molecule has 1 fully saturated rings. The van der Waals surface area contributed by atoms with E-state index in [0.29, 0.717) is 19.0 Å². The molecule has 0 spiro atoms. The van der Waals surface area contributed by atoms with Gasteiger partial charge in [0.15, 0.2) is 0 Å². The summed E-state index contributed by atoms with van der Waals surface area (Å²) >= 11 is 0. The zero-order chi connectivity index (χ0) is 10.4. The molecule has 1 aliphatic carbocycles. The summed E-state index contributed by atoms with van der Waals surface area (Å²) in [6.07, 6.45) is 3.55. The van der Waals surface area contributed by atoms with Gasteiger partial charge < -0.3 is 15.7 Å². The summed E-state index contributed by atoms with van der Waals surface area (Å²) in [4.78, 5) is 11.2. The Morgan fingerprint density at radius 1 is 1.57 bits per heavy atom. The maximum Gasteiger partial charge on any atom is 0.221 e. The van der Waals surface area contributed by atoms with Crippen LogP contribution in [0.5, 0.6) is 0 Å². The fourth-order valence-corrected chi connectivity index (χ4v) is 1.26. The van der Waals surface area contributed by atoms with Gasteiger partial charge in [-0.1, -0.05) is 0 Å². The molecule has 0 aromatic heterocycles. The fourth-order valence-electron chi connectivity index (χ4n) is 1.26. The molecule has 0 radical (unpaired) electrons. The van der Waals surface area contributed by atoms with Crippen LogP contribution in [-0.4, -0.2) is 36.2 Å². The van der Waals surface area contributed by atoms with Crippen LogP contribution in [0.15, 0.2) is 0 Å². The minimum absolute atomic E-state index is 0.135. The van der Waals surface area contributed by atoms with Gasteiger partial charge in [-0.15, -0.1) is 0 Å². The third kappa shape index (κ3) is 5.19. The van der Waals surface area contributed by atoms with Crippen molar-refractivity contribution in [1.82, 2.24) is 10.6 Å². The van der Waals surface area contributed by atoms with Crippen LogP contribution < -0.4 is 10.6 Å². The molecule has 82 valence electrons. The number of aliphatic hydroxyl groups is 1. The quantitative estimate of drug-likeness (QED) is 0.543. The molecule has 4 nitrogen and oxygen atoms in total. The summed E-state index contributed by atoms with van der Waals surface area (Å²) in [5, 5.41) is 14.8. The van der Waals surface area contributed by atoms with E-state index in [-0.39, 0.29) is 18.6 Å². The van der Waals surface area contributed by atoms with E-state index in [1.165, 1.54) is 0 Å². The van der Waals surface area contributed by atoms with Gasteiger partial charge in [0.05, 0.1) is 0 Å². The molecule has 14 heavy (non-hydrogen) atoms. The van der Waals surface area contributed by atoms with Crippen molar-refractivity contribution in [3.8, 4) is 0 Å². The zero-order valence-corrected chi connectivity index (χ0v) is 8.75. The minimum Gasteiger partial charge on any atom is -0.396 e. The van der Waals surface area contributed by atoms with Crippen molar-refractivity contribution in [1.29, 1.82) is 0 Å². The lowest BCUT2D eigenvalue weighted by atomic mass is 10.2. The molecule has 0 heterocycles. The smallest absolute Gasteiger partial charge is 0.221 e. The second-order valence-electron chi connectivity index (χ2n) is 3.96. The Morgan fingerprint density at radius 3 is 2.86 bits per heavy atom. The van der Waals surface area contributed by atoms with E-state index in [4.69, 9.17) is 5.11 Å². The predicted octanol–water partition coefficient (Wildman–Crippen LogP) is 0.0156. The lowest BCUT2D eigenvalue weighted by Crippen LogP contribution is -2.33. The first-order valence-corrected chi connectivity index (χ1v) is 5.36. The van der Waals surface area contributed by atoms with Gasteiger partial charge in [-0.3, -0.25) is 4.79 Å². The van der Waals surface area contributed by atoms with Gasteiger partial charge in [0.1, 0.15) is 0 Å². The SMILES string of the molecule is CC(CCO)NCCC(=O)NC1CC1. The van der Waals surface area contributed by atoms with E-state index in [1.807, 2.05) is 6.92 Å². The van der Waals surface area contributed by atoms with Crippen molar-refractivity contribution in [3.63, 3.8) is 0 Å². The van der Waals surface area contributed by atoms with Crippen LogP contribution in [0.25, 0.3) is 0 Å². The number of hydrogen-bond acceptors (Lipinski definition) is 3. The van der Waals surface area contributed by atoms with E-state index < -0.39 is 0 Å². The summed E-state index contributed by atoms with van der Waals surface area (Å²) in [6.45, 7) is 2.90. The Bertz CT molecular complexity index is 181. The van der Waals surface area contributed by atoms with Crippen molar-refractivity contribution in [2.45, 2.75) is 44.7 Å². The molecule has 1 saturated carbocycles. The summed E-state index contributed by atoms with van der Waals surface area (Å²) in [5.74, 6) is 0.135. The highest BCUT2D eigenvalue weighted by atomic mass is 16.3. The van der Waals surface area contributed by atoms with Gasteiger partial charge in [0.25, 0.3) is 0 Å². The molecule has 3 N–H and O–H groups in total. The zero-order valence-electron chi connectivity index (χ0n) is 8.75. The van der Waals surface area contributed by atoms with Crippen LogP contribution in [0.2, 0.25) is 0 Å². The first-order chi connectivity index (χ1) is 6.72. The van der Waals surface area contributed by atoms with Crippen molar-refractivity contribution in [2.24, 2.45) is 0 Å². The van der Waals surface area contributed by atoms with Gasteiger partial charge in [-0.05, 0) is 26.2 Å². The molecule has 0 bridgehead atoms. The van der Waals surface area contributed by atoms with Crippen molar-refractivity contribution in [2.75, 3.05) is 13.2 Å². The summed E-state index contributed by atoms with van der Waals surface area (Å²) < 4.78 is 0. The van der Waals surface area contributed by atoms with Crippen molar-refractivity contribution < 1.29 is 9.90 Å². The molecule has 1 amide bonds. The Balaban J connectivity index is 1.93. The van der Waals surface area contributed by atoms with Crippen molar-refractivity contribution >= 4 is 5.91 Å². The predicted molar refractivity (Wildman–Crippen MR) is 54.9 cm³/mol. The number of nitrogens with one attached hydrogen (secondary N) is 2. The second kappa shape index (κ2) is 5.98. The molecule has 1 atom stereocenters. The standard InChI is InChI=1S/C10H20N2O2/c1-8(5-7-13)11-6-4-10(14)12-9-2-3-9/h8-9,11,13H,2-7H2,1H3,(H,12,14). The van der Waals surface area contributed by atoms with E-state index in [0.717, 1.165) is 19.3 Å². The lowest BCUT2D eigenvalue weighted by Gasteiger charge is -2.11. The first-order valence-electron chi connectivity index (χ1n) is 5.36. The van der Waals surface area contributed by atoms with Crippen LogP contribution in [0.1, 0.15) is 32.6 Å². The topological polar surface area (TPSA) is 61.4 Å². The first kappa shape index (κ1) is 11.5. The Kier molecular flexibility index (Phi) is 4.90. The highest BCUT2D eigenvalue weighted by Gasteiger charge is 2.22. The molecule has 1 unspecified atom stereocenters. The monoisotopic (exact) mass is 200 g/mol. The molecule has 0 saturated heterocycles. The number of carbonyl (C=O) groups excluding carboxylic acids is 1. The summed E-state index contributed by atoms with van der Waals surface area (Å²) in [7, 11) is 0. The van der Waals surface area contributed by atoms with Crippen LogP contribution in [0.3, 0.4) is 0 Å². The van der Waals surface area contributed by atoms with E-state index in [1.54, 1.807) is 0 Å². The Hall–Kier alpha value is -0.610. The molecule has 1 aliphatic rings. The number of rotatable bonds is 7. The Labute approximate surface area is 85.1 Å². The second-order valence-corrected chi connectivity index (χ2v) is 3.96. The van der Waals surface area contributed by atoms with Gasteiger partial charge in [0.2, 0.25) is 5.91 Å². The highest BCUT2D eigenvalue weighted by molar-refractivity contribution is 5.76. The van der Waals surface area contributed by atoms with Crippen LogP contribution >= 0.6 is 0 Å². The third-order valence-corrected chi connectivity index (χ3v) is 2.35. The minimum atomic E-state index is 0.135. The average Bonchev–Trinajstić information content (AvgIpc) is 2.88. The number of carbonyl (C=O) groups is 1. The maximum atomic E-state index is 11.2. The van der Waals surface area contributed by atoms with Crippen molar-refractivity contribution in [3.05, 3.63) is 0 Å². The number of hydrogen-bond donors (Lipinski definition) is 3. The maximum absolute atomic E-state index is 11.2. The largest absolute Gasteiger partial charge is 0.396 e. The van der Waals surface area contributed by atoms with Crippen LogP contribution in [-0.2, 0) is 4.79 Å². The molecule has 0 aliphatic heterocycles. The number of aliphatic hydroxyl groups excluding tert-OH is 1. The van der Waals surface area contributed by atoms with Gasteiger partial charge in [0, 0.05) is 31.7 Å². The number of amides is 1. The lowest BCUT2D eigenvalue weighted by molar-refractivity contribution is -0.121. The van der Waals surface area contributed by atoms with Crippen LogP contribution in [0.4, 0.5) is 0 Å². The van der Waals surface area contributed by atoms with E-state index >= 15 is 0 Å². The molecule has 1 rings (SSSR count). The van der Waals surface area contributed by atoms with E-state index in [9.17, 15) is 4.79 Å². The molecule has 4 heteroatoms. The Morgan fingerprint density at radius 2 is 2.29 bits per heavy atom. The molecule has 0 aromatic carbocycles. The average molecular weight is 200 g/mol. The highest BCUT2D eigenvalue weighted by Crippen LogP contribution is 2.18. The van der Waals surface area contributed by atoms with Gasteiger partial charge >= 0.3 is 0 Å². The normalized spacial score (nSPS) is 17.9. The van der Waals surface area contributed by atoms with Gasteiger partial charge in [-0.2, -0.15) is 0 Å². The van der Waals surface area contributed by atoms with Crippen LogP contribution in [0, 0.1) is 0 Å². The molecular formula is C10H20N2O2. The molecular weight excluding hydrogens is 180 g/mol. The fraction of sp³-hybridized carbons (Fsp3) is 0.900. The summed E-state index contributed by atoms with van der Waals surface area (Å²) in [5.41, 5.74) is 0. The summed E-state index contributed by atoms with van der Waals surface area (Å²) in [6, 6.07) is 0.742.